The van der Waals surface area contributed by atoms with Crippen molar-refractivity contribution in [3.63, 3.8) is 0 Å². The SMILES string of the molecule is O=C(O)C(Cc1ccccc1)N1C[C@@H]2CCN(S(=O)(=O)c3cc(Cl)cc(Cl)c3)[C@@H]2C1=O. The molecular weight excluding hydrogens is 463 g/mol. The molecule has 164 valence electrons. The number of amides is 1. The van der Waals surface area contributed by atoms with E-state index < -0.39 is 34.0 Å². The van der Waals surface area contributed by atoms with Crippen molar-refractivity contribution in [2.24, 2.45) is 5.92 Å². The van der Waals surface area contributed by atoms with Crippen molar-refractivity contribution in [2.45, 2.75) is 29.8 Å². The van der Waals surface area contributed by atoms with Crippen LogP contribution in [0.5, 0.6) is 0 Å². The second kappa shape index (κ2) is 8.43. The number of carboxylic acids is 1. The van der Waals surface area contributed by atoms with Crippen LogP contribution in [0.2, 0.25) is 10.0 Å². The van der Waals surface area contributed by atoms with Gasteiger partial charge < -0.3 is 10.0 Å². The van der Waals surface area contributed by atoms with Crippen molar-refractivity contribution in [3.05, 3.63) is 64.1 Å². The summed E-state index contributed by atoms with van der Waals surface area (Å²) in [4.78, 5) is 26.4. The van der Waals surface area contributed by atoms with Gasteiger partial charge in [-0.25, -0.2) is 13.2 Å². The van der Waals surface area contributed by atoms with Crippen molar-refractivity contribution >= 4 is 45.1 Å². The van der Waals surface area contributed by atoms with E-state index in [2.05, 4.69) is 0 Å². The summed E-state index contributed by atoms with van der Waals surface area (Å²) in [7, 11) is -4.03. The highest BCUT2D eigenvalue weighted by molar-refractivity contribution is 7.89. The molecule has 2 fully saturated rings. The first-order chi connectivity index (χ1) is 14.7. The smallest absolute Gasteiger partial charge is 0.326 e. The van der Waals surface area contributed by atoms with E-state index >= 15 is 0 Å². The third-order valence-corrected chi connectivity index (χ3v) is 8.12. The Balaban J connectivity index is 1.61. The Morgan fingerprint density at radius 1 is 1.13 bits per heavy atom. The zero-order valence-corrected chi connectivity index (χ0v) is 18.6. The highest BCUT2D eigenvalue weighted by Gasteiger charge is 2.54. The first-order valence-corrected chi connectivity index (χ1v) is 11.9. The normalized spacial score (nSPS) is 22.5. The van der Waals surface area contributed by atoms with E-state index in [1.54, 1.807) is 24.3 Å². The number of aliphatic carboxylic acids is 1. The van der Waals surface area contributed by atoms with Gasteiger partial charge in [0, 0.05) is 35.5 Å². The lowest BCUT2D eigenvalue weighted by atomic mass is 10.0. The first kappa shape index (κ1) is 22.1. The maximum atomic E-state index is 13.3. The van der Waals surface area contributed by atoms with Gasteiger partial charge in [-0.3, -0.25) is 4.79 Å². The highest BCUT2D eigenvalue weighted by Crippen LogP contribution is 2.38. The predicted molar refractivity (Wildman–Crippen MR) is 116 cm³/mol. The fourth-order valence-electron chi connectivity index (χ4n) is 4.39. The summed E-state index contributed by atoms with van der Waals surface area (Å²) < 4.78 is 27.7. The number of likely N-dealkylation sites (tertiary alicyclic amines) is 1. The number of hydrogen-bond donors (Lipinski definition) is 1. The van der Waals surface area contributed by atoms with Gasteiger partial charge >= 0.3 is 5.97 Å². The molecule has 1 unspecified atom stereocenters. The highest BCUT2D eigenvalue weighted by atomic mass is 35.5. The monoisotopic (exact) mass is 482 g/mol. The van der Waals surface area contributed by atoms with Gasteiger partial charge in [0.15, 0.2) is 0 Å². The van der Waals surface area contributed by atoms with Gasteiger partial charge in [-0.05, 0) is 30.2 Å². The van der Waals surface area contributed by atoms with Crippen LogP contribution in [-0.4, -0.2) is 59.8 Å². The van der Waals surface area contributed by atoms with E-state index in [-0.39, 0.29) is 40.4 Å². The summed E-state index contributed by atoms with van der Waals surface area (Å²) in [6, 6.07) is 11.1. The van der Waals surface area contributed by atoms with Crippen molar-refractivity contribution in [1.29, 1.82) is 0 Å². The summed E-state index contributed by atoms with van der Waals surface area (Å²) in [6.45, 7) is 0.382. The number of fused-ring (bicyclic) bond motifs is 1. The van der Waals surface area contributed by atoms with Crippen LogP contribution in [0.15, 0.2) is 53.4 Å². The predicted octanol–water partition coefficient (Wildman–Crippen LogP) is 2.91. The molecule has 0 bridgehead atoms. The van der Waals surface area contributed by atoms with Crippen LogP contribution in [0.1, 0.15) is 12.0 Å². The third-order valence-electron chi connectivity index (χ3n) is 5.82. The Labute approximate surface area is 190 Å². The average molecular weight is 483 g/mol. The van der Waals surface area contributed by atoms with Crippen LogP contribution in [0, 0.1) is 5.92 Å². The lowest BCUT2D eigenvalue weighted by Gasteiger charge is -2.27. The van der Waals surface area contributed by atoms with Gasteiger partial charge in [0.05, 0.1) is 4.90 Å². The molecule has 0 radical (unpaired) electrons. The summed E-state index contributed by atoms with van der Waals surface area (Å²) in [6.07, 6.45) is 0.621. The molecule has 0 aromatic heterocycles. The van der Waals surface area contributed by atoms with Crippen molar-refractivity contribution in [3.8, 4) is 0 Å². The molecule has 0 spiro atoms. The summed E-state index contributed by atoms with van der Waals surface area (Å²) in [5, 5.41) is 10.1. The van der Waals surface area contributed by atoms with Crippen LogP contribution in [-0.2, 0) is 26.0 Å². The molecule has 2 aliphatic heterocycles. The van der Waals surface area contributed by atoms with E-state index in [9.17, 15) is 23.1 Å². The van der Waals surface area contributed by atoms with Crippen LogP contribution < -0.4 is 0 Å². The van der Waals surface area contributed by atoms with Crippen LogP contribution in [0.25, 0.3) is 0 Å². The number of hydrogen-bond acceptors (Lipinski definition) is 4. The molecule has 2 saturated heterocycles. The quantitative estimate of drug-likeness (QED) is 0.682. The Bertz CT molecular complexity index is 1110. The van der Waals surface area contributed by atoms with Crippen LogP contribution in [0.3, 0.4) is 0 Å². The van der Waals surface area contributed by atoms with Gasteiger partial charge in [0.2, 0.25) is 15.9 Å². The number of nitrogens with zero attached hydrogens (tertiary/aromatic N) is 2. The lowest BCUT2D eigenvalue weighted by molar-refractivity contribution is -0.149. The maximum absolute atomic E-state index is 13.3. The Kier molecular flexibility index (Phi) is 6.00. The number of carbonyl (C=O) groups is 2. The number of sulfonamides is 1. The number of rotatable bonds is 6. The zero-order valence-electron chi connectivity index (χ0n) is 16.3. The molecular formula is C21H20Cl2N2O5S. The van der Waals surface area contributed by atoms with E-state index in [0.717, 1.165) is 9.87 Å². The Morgan fingerprint density at radius 3 is 2.39 bits per heavy atom. The van der Waals surface area contributed by atoms with Gasteiger partial charge in [0.1, 0.15) is 12.1 Å². The number of carboxylic acid groups (broad SMARTS) is 1. The molecule has 1 N–H and O–H groups in total. The minimum absolute atomic E-state index is 0.0871. The number of halogens is 2. The zero-order chi connectivity index (χ0) is 22.3. The lowest BCUT2D eigenvalue weighted by Crippen LogP contribution is -2.49. The van der Waals surface area contributed by atoms with Gasteiger partial charge in [0.25, 0.3) is 0 Å². The second-order valence-electron chi connectivity index (χ2n) is 7.75. The van der Waals surface area contributed by atoms with E-state index in [0.29, 0.717) is 6.42 Å². The Morgan fingerprint density at radius 2 is 1.77 bits per heavy atom. The molecule has 7 nitrogen and oxygen atoms in total. The minimum Gasteiger partial charge on any atom is -0.480 e. The molecule has 3 atom stereocenters. The summed E-state index contributed by atoms with van der Waals surface area (Å²) in [5.74, 6) is -1.87. The van der Waals surface area contributed by atoms with Gasteiger partial charge in [-0.2, -0.15) is 4.31 Å². The first-order valence-electron chi connectivity index (χ1n) is 9.73. The molecule has 2 aromatic carbocycles. The van der Waals surface area contributed by atoms with Crippen LogP contribution in [0.4, 0.5) is 0 Å². The van der Waals surface area contributed by atoms with Gasteiger partial charge in [-0.15, -0.1) is 0 Å². The molecule has 2 aromatic rings. The maximum Gasteiger partial charge on any atom is 0.326 e. The third kappa shape index (κ3) is 4.17. The summed E-state index contributed by atoms with van der Waals surface area (Å²) >= 11 is 11.9. The number of carbonyl (C=O) groups excluding carboxylic acids is 1. The van der Waals surface area contributed by atoms with Crippen LogP contribution >= 0.6 is 23.2 Å². The molecule has 2 heterocycles. The minimum atomic E-state index is -4.03. The van der Waals surface area contributed by atoms with Gasteiger partial charge in [-0.1, -0.05) is 53.5 Å². The topological polar surface area (TPSA) is 95.0 Å². The second-order valence-corrected chi connectivity index (χ2v) is 10.5. The van der Waals surface area contributed by atoms with E-state index in [4.69, 9.17) is 23.2 Å². The molecule has 10 heteroatoms. The van der Waals surface area contributed by atoms with E-state index in [1.807, 2.05) is 6.07 Å². The molecule has 0 aliphatic carbocycles. The fourth-order valence-corrected chi connectivity index (χ4v) is 6.77. The standard InChI is InChI=1S/C21H20Cl2N2O5S/c22-15-9-16(23)11-17(10-15)31(29,30)25-7-6-14-12-24(20(26)19(14)25)18(21(27)28)8-13-4-2-1-3-5-13/h1-5,9-11,14,18-19H,6-8,12H2,(H,27,28)/t14-,18?,19-/m0/s1. The fraction of sp³-hybridized carbons (Fsp3) is 0.333. The van der Waals surface area contributed by atoms with E-state index in [1.165, 1.54) is 23.1 Å². The molecule has 0 saturated carbocycles. The van der Waals surface area contributed by atoms with Crippen molar-refractivity contribution in [1.82, 2.24) is 9.21 Å². The van der Waals surface area contributed by atoms with Crippen molar-refractivity contribution < 1.29 is 23.1 Å². The summed E-state index contributed by atoms with van der Waals surface area (Å²) in [5.41, 5.74) is 0.790. The number of benzene rings is 2. The molecule has 4 rings (SSSR count). The molecule has 31 heavy (non-hydrogen) atoms. The largest absolute Gasteiger partial charge is 0.480 e. The average Bonchev–Trinajstić information content (AvgIpc) is 3.27. The van der Waals surface area contributed by atoms with Crippen molar-refractivity contribution in [2.75, 3.05) is 13.1 Å². The Hall–Kier alpha value is -2.13. The molecule has 1 amide bonds. The molecule has 2 aliphatic rings.